The van der Waals surface area contributed by atoms with E-state index in [9.17, 15) is 10.1 Å². The van der Waals surface area contributed by atoms with Crippen LogP contribution in [0.2, 0.25) is 19.6 Å². The first-order chi connectivity index (χ1) is 9.21. The van der Waals surface area contributed by atoms with Crippen molar-refractivity contribution in [2.75, 3.05) is 0 Å². The van der Waals surface area contributed by atoms with Gasteiger partial charge in [-0.2, -0.15) is 5.26 Å². The quantitative estimate of drug-likeness (QED) is 0.617. The van der Waals surface area contributed by atoms with Crippen LogP contribution in [0.1, 0.15) is 19.4 Å². The molecular weight excluding hydrogens is 270 g/mol. The third-order valence-electron chi connectivity index (χ3n) is 2.43. The van der Waals surface area contributed by atoms with Crippen LogP contribution in [0.5, 0.6) is 0 Å². The molecule has 20 heavy (non-hydrogen) atoms. The molecular formula is C15H21NO3Si. The number of benzene rings is 1. The van der Waals surface area contributed by atoms with Crippen LogP contribution in [0.15, 0.2) is 30.3 Å². The van der Waals surface area contributed by atoms with Gasteiger partial charge in [-0.3, -0.25) is 0 Å². The second kappa shape index (κ2) is 6.20. The van der Waals surface area contributed by atoms with Crippen molar-refractivity contribution in [2.24, 2.45) is 0 Å². The van der Waals surface area contributed by atoms with Crippen LogP contribution in [0, 0.1) is 11.3 Å². The first-order valence-electron chi connectivity index (χ1n) is 6.59. The highest BCUT2D eigenvalue weighted by Gasteiger charge is 2.47. The van der Waals surface area contributed by atoms with Crippen LogP contribution in [0.3, 0.4) is 0 Å². The molecule has 1 aromatic rings. The fourth-order valence-corrected chi connectivity index (χ4v) is 2.95. The number of rotatable bonds is 5. The molecule has 1 atom stereocenters. The van der Waals surface area contributed by atoms with E-state index in [1.165, 1.54) is 0 Å². The third-order valence-corrected chi connectivity index (χ3v) is 3.35. The summed E-state index contributed by atoms with van der Waals surface area (Å²) >= 11 is 0. The summed E-state index contributed by atoms with van der Waals surface area (Å²) in [6.07, 6.45) is -0.302. The zero-order valence-electron chi connectivity index (χ0n) is 12.6. The van der Waals surface area contributed by atoms with E-state index >= 15 is 0 Å². The van der Waals surface area contributed by atoms with Crippen LogP contribution in [0.4, 0.5) is 0 Å². The molecule has 0 N–H and O–H groups in total. The molecule has 0 saturated carbocycles. The Morgan fingerprint density at radius 3 is 2.20 bits per heavy atom. The number of carbonyl (C=O) groups is 1. The van der Waals surface area contributed by atoms with E-state index in [2.05, 4.69) is 0 Å². The summed E-state index contributed by atoms with van der Waals surface area (Å²) in [6.45, 7) is 9.30. The Morgan fingerprint density at radius 1 is 1.25 bits per heavy atom. The lowest BCUT2D eigenvalue weighted by atomic mass is 9.95. The Bertz CT molecular complexity index is 502. The average molecular weight is 291 g/mol. The number of carbonyl (C=O) groups excluding carboxylic acids is 1. The molecule has 0 unspecified atom stereocenters. The van der Waals surface area contributed by atoms with Gasteiger partial charge in [-0.1, -0.05) is 30.3 Å². The van der Waals surface area contributed by atoms with Gasteiger partial charge in [0.05, 0.1) is 6.10 Å². The minimum absolute atomic E-state index is 0.302. The van der Waals surface area contributed by atoms with E-state index in [0.717, 1.165) is 0 Å². The molecule has 0 aromatic heterocycles. The maximum atomic E-state index is 12.4. The number of hydrogen-bond acceptors (Lipinski definition) is 4. The Balaban J connectivity index is 3.31. The number of nitriles is 1. The lowest BCUT2D eigenvalue weighted by molar-refractivity contribution is -0.162. The fraction of sp³-hybridized carbons (Fsp3) is 0.467. The summed E-state index contributed by atoms with van der Waals surface area (Å²) in [5.41, 5.74) is -1.17. The highest BCUT2D eigenvalue weighted by Crippen LogP contribution is 2.31. The summed E-state index contributed by atoms with van der Waals surface area (Å²) in [4.78, 5) is 12.4. The van der Waals surface area contributed by atoms with Crippen molar-refractivity contribution in [3.05, 3.63) is 35.9 Å². The largest absolute Gasteiger partial charge is 0.460 e. The molecule has 0 amide bonds. The third kappa shape index (κ3) is 3.92. The lowest BCUT2D eigenvalue weighted by Crippen LogP contribution is -2.47. The molecule has 0 aliphatic rings. The Kier molecular flexibility index (Phi) is 5.09. The van der Waals surface area contributed by atoms with Crippen molar-refractivity contribution in [2.45, 2.75) is 45.2 Å². The van der Waals surface area contributed by atoms with Crippen molar-refractivity contribution in [3.8, 4) is 6.07 Å². The Morgan fingerprint density at radius 2 is 1.80 bits per heavy atom. The molecule has 0 heterocycles. The summed E-state index contributed by atoms with van der Waals surface area (Å²) in [7, 11) is -2.13. The molecule has 0 radical (unpaired) electrons. The minimum atomic E-state index is -2.13. The van der Waals surface area contributed by atoms with Crippen molar-refractivity contribution >= 4 is 14.3 Å². The average Bonchev–Trinajstić information content (AvgIpc) is 2.35. The molecule has 0 spiro atoms. The van der Waals surface area contributed by atoms with E-state index in [4.69, 9.17) is 9.16 Å². The molecule has 0 fully saturated rings. The van der Waals surface area contributed by atoms with Crippen molar-refractivity contribution < 1.29 is 14.0 Å². The summed E-state index contributed by atoms with van der Waals surface area (Å²) in [6, 6.07) is 10.8. The molecule has 4 nitrogen and oxygen atoms in total. The first kappa shape index (κ1) is 16.4. The van der Waals surface area contributed by atoms with Crippen LogP contribution < -0.4 is 0 Å². The standard InChI is InChI=1S/C15H21NO3Si/c1-12(2)18-14(17)15(11-16,19-20(3,4)5)13-9-7-6-8-10-13/h6-10,12H,1-5H3/t15-/m0/s1. The van der Waals surface area contributed by atoms with Crippen LogP contribution in [-0.4, -0.2) is 20.4 Å². The molecule has 0 bridgehead atoms. The van der Waals surface area contributed by atoms with Gasteiger partial charge < -0.3 is 9.16 Å². The van der Waals surface area contributed by atoms with E-state index in [0.29, 0.717) is 5.56 Å². The van der Waals surface area contributed by atoms with E-state index < -0.39 is 19.9 Å². The second-order valence-corrected chi connectivity index (χ2v) is 10.3. The van der Waals surface area contributed by atoms with Gasteiger partial charge in [-0.05, 0) is 33.5 Å². The van der Waals surface area contributed by atoms with Gasteiger partial charge in [-0.15, -0.1) is 0 Å². The summed E-state index contributed by atoms with van der Waals surface area (Å²) in [5, 5.41) is 9.62. The van der Waals surface area contributed by atoms with E-state index in [1.54, 1.807) is 38.1 Å². The molecule has 5 heteroatoms. The normalized spacial score (nSPS) is 14.4. The number of nitrogens with zero attached hydrogens (tertiary/aromatic N) is 1. The first-order valence-corrected chi connectivity index (χ1v) is 10.00. The highest BCUT2D eigenvalue weighted by atomic mass is 28.4. The van der Waals surface area contributed by atoms with E-state index in [-0.39, 0.29) is 6.10 Å². The van der Waals surface area contributed by atoms with E-state index in [1.807, 2.05) is 31.8 Å². The predicted molar refractivity (Wildman–Crippen MR) is 79.4 cm³/mol. The summed E-state index contributed by atoms with van der Waals surface area (Å²) < 4.78 is 11.2. The van der Waals surface area contributed by atoms with Crippen LogP contribution in [-0.2, 0) is 19.6 Å². The smallest absolute Gasteiger partial charge is 0.357 e. The van der Waals surface area contributed by atoms with Crippen molar-refractivity contribution in [1.82, 2.24) is 0 Å². The number of ether oxygens (including phenoxy) is 1. The number of hydrogen-bond donors (Lipinski definition) is 0. The highest BCUT2D eigenvalue weighted by molar-refractivity contribution is 6.70. The topological polar surface area (TPSA) is 59.3 Å². The maximum absolute atomic E-state index is 12.4. The van der Waals surface area contributed by atoms with Crippen LogP contribution >= 0.6 is 0 Å². The molecule has 0 aliphatic carbocycles. The van der Waals surface area contributed by atoms with Gasteiger partial charge in [0.25, 0.3) is 5.60 Å². The monoisotopic (exact) mass is 291 g/mol. The van der Waals surface area contributed by atoms with Crippen molar-refractivity contribution in [3.63, 3.8) is 0 Å². The van der Waals surface area contributed by atoms with Gasteiger partial charge in [0.1, 0.15) is 6.07 Å². The van der Waals surface area contributed by atoms with Crippen molar-refractivity contribution in [1.29, 1.82) is 5.26 Å². The molecule has 1 aromatic carbocycles. The molecule has 1 rings (SSSR count). The molecule has 108 valence electrons. The van der Waals surface area contributed by atoms with Gasteiger partial charge in [-0.25, -0.2) is 4.79 Å². The molecule has 0 saturated heterocycles. The SMILES string of the molecule is CC(C)OC(=O)[C@@](C#N)(O[Si](C)(C)C)c1ccccc1. The summed E-state index contributed by atoms with van der Waals surface area (Å²) in [5.74, 6) is -0.649. The minimum Gasteiger partial charge on any atom is -0.460 e. The van der Waals surface area contributed by atoms with Gasteiger partial charge in [0.2, 0.25) is 0 Å². The Labute approximate surface area is 121 Å². The van der Waals surface area contributed by atoms with Gasteiger partial charge in [0, 0.05) is 5.56 Å². The lowest BCUT2D eigenvalue weighted by Gasteiger charge is -2.32. The second-order valence-electron chi connectivity index (χ2n) is 5.83. The maximum Gasteiger partial charge on any atom is 0.357 e. The zero-order valence-corrected chi connectivity index (χ0v) is 13.6. The fourth-order valence-electron chi connectivity index (χ4n) is 1.78. The molecule has 0 aliphatic heterocycles. The Hall–Kier alpha value is -1.64. The van der Waals surface area contributed by atoms with Crippen LogP contribution in [0.25, 0.3) is 0 Å². The zero-order chi connectivity index (χ0) is 15.4. The van der Waals surface area contributed by atoms with Gasteiger partial charge in [0.15, 0.2) is 8.32 Å². The predicted octanol–water partition coefficient (Wildman–Crippen LogP) is 3.21. The van der Waals surface area contributed by atoms with Gasteiger partial charge >= 0.3 is 5.97 Å². The number of esters is 1.